The number of fused-ring (bicyclic) bond motifs is 3. The van der Waals surface area contributed by atoms with Gasteiger partial charge in [-0.15, -0.1) is 0 Å². The number of benzene rings is 4. The summed E-state index contributed by atoms with van der Waals surface area (Å²) in [6.45, 7) is 0. The van der Waals surface area contributed by atoms with Crippen LogP contribution in [-0.2, 0) is 0 Å². The van der Waals surface area contributed by atoms with Crippen LogP contribution >= 0.6 is 0 Å². The van der Waals surface area contributed by atoms with Gasteiger partial charge in [-0.25, -0.2) is 0 Å². The van der Waals surface area contributed by atoms with Crippen molar-refractivity contribution in [1.29, 1.82) is 0 Å². The highest BCUT2D eigenvalue weighted by atomic mass is 16.3. The van der Waals surface area contributed by atoms with Crippen molar-refractivity contribution in [3.05, 3.63) is 114 Å². The lowest BCUT2D eigenvalue weighted by Crippen LogP contribution is -1.99. The van der Waals surface area contributed by atoms with E-state index in [4.69, 9.17) is 0 Å². The predicted octanol–water partition coefficient (Wildman–Crippen LogP) is 6.22. The maximum Gasteiger partial charge on any atom is 0.123 e. The van der Waals surface area contributed by atoms with Gasteiger partial charge in [0.15, 0.2) is 0 Å². The monoisotopic (exact) mass is 334 g/mol. The van der Waals surface area contributed by atoms with Crippen LogP contribution in [0.2, 0.25) is 0 Å². The molecule has 1 aliphatic rings. The summed E-state index contributed by atoms with van der Waals surface area (Å²) in [6.07, 6.45) is 0. The lowest BCUT2D eigenvalue weighted by molar-refractivity contribution is 0.477. The molecule has 0 saturated carbocycles. The van der Waals surface area contributed by atoms with E-state index in [0.717, 1.165) is 11.1 Å². The van der Waals surface area contributed by atoms with Crippen LogP contribution in [0.4, 0.5) is 0 Å². The largest absolute Gasteiger partial charge is 0.507 e. The van der Waals surface area contributed by atoms with Gasteiger partial charge in [-0.05, 0) is 45.5 Å². The Morgan fingerprint density at radius 1 is 0.577 bits per heavy atom. The maximum atomic E-state index is 10.5. The van der Waals surface area contributed by atoms with Crippen LogP contribution in [0.25, 0.3) is 22.3 Å². The van der Waals surface area contributed by atoms with E-state index in [9.17, 15) is 5.11 Å². The maximum absolute atomic E-state index is 10.5. The molecular formula is C25H18O. The van der Waals surface area contributed by atoms with Gasteiger partial charge in [0, 0.05) is 11.5 Å². The molecule has 5 rings (SSSR count). The molecule has 26 heavy (non-hydrogen) atoms. The number of phenols is 1. The van der Waals surface area contributed by atoms with Crippen LogP contribution in [0.5, 0.6) is 5.75 Å². The molecule has 0 spiro atoms. The number of rotatable bonds is 2. The Bertz CT molecular complexity index is 1080. The van der Waals surface area contributed by atoms with Gasteiger partial charge in [0.2, 0.25) is 0 Å². The van der Waals surface area contributed by atoms with Crippen LogP contribution < -0.4 is 0 Å². The zero-order valence-electron chi connectivity index (χ0n) is 14.3. The second kappa shape index (κ2) is 5.89. The third kappa shape index (κ3) is 2.25. The smallest absolute Gasteiger partial charge is 0.123 e. The standard InChI is InChI=1S/C25H18O/c26-23-13-7-12-21-24(18-10-5-2-6-11-18)22-16-19(14-15-20(22)25(21)23)17-8-3-1-4-9-17/h1-16,24,26H. The Labute approximate surface area is 153 Å². The highest BCUT2D eigenvalue weighted by Gasteiger charge is 2.31. The van der Waals surface area contributed by atoms with Gasteiger partial charge in [-0.1, -0.05) is 84.9 Å². The third-order valence-electron chi connectivity index (χ3n) is 5.26. The van der Waals surface area contributed by atoms with Crippen LogP contribution in [0.15, 0.2) is 97.1 Å². The Morgan fingerprint density at radius 3 is 2.08 bits per heavy atom. The molecule has 1 nitrogen and oxygen atoms in total. The number of hydrogen-bond donors (Lipinski definition) is 1. The highest BCUT2D eigenvalue weighted by molar-refractivity contribution is 5.86. The summed E-state index contributed by atoms with van der Waals surface area (Å²) in [4.78, 5) is 0. The van der Waals surface area contributed by atoms with Gasteiger partial charge >= 0.3 is 0 Å². The molecule has 1 aliphatic carbocycles. The molecule has 4 aromatic rings. The molecule has 1 heteroatoms. The molecule has 0 bridgehead atoms. The summed E-state index contributed by atoms with van der Waals surface area (Å²) >= 11 is 0. The fourth-order valence-electron chi connectivity index (χ4n) is 4.10. The molecule has 124 valence electrons. The van der Waals surface area contributed by atoms with Crippen molar-refractivity contribution in [2.24, 2.45) is 0 Å². The molecular weight excluding hydrogens is 316 g/mol. The number of hydrogen-bond acceptors (Lipinski definition) is 1. The lowest BCUT2D eigenvalue weighted by Gasteiger charge is -2.15. The van der Waals surface area contributed by atoms with Gasteiger partial charge in [0.25, 0.3) is 0 Å². The summed E-state index contributed by atoms with van der Waals surface area (Å²) < 4.78 is 0. The molecule has 0 heterocycles. The first-order chi connectivity index (χ1) is 12.8. The van der Waals surface area contributed by atoms with E-state index in [1.54, 1.807) is 6.07 Å². The summed E-state index contributed by atoms with van der Waals surface area (Å²) in [5, 5.41) is 10.5. The normalized spacial score (nSPS) is 14.7. The first-order valence-electron chi connectivity index (χ1n) is 8.89. The first kappa shape index (κ1) is 15.0. The molecule has 0 fully saturated rings. The summed E-state index contributed by atoms with van der Waals surface area (Å²) in [7, 11) is 0. The average Bonchev–Trinajstić information content (AvgIpc) is 3.04. The van der Waals surface area contributed by atoms with Crippen molar-refractivity contribution in [3.8, 4) is 28.0 Å². The Morgan fingerprint density at radius 2 is 1.31 bits per heavy atom. The van der Waals surface area contributed by atoms with Crippen molar-refractivity contribution in [2.75, 3.05) is 0 Å². The van der Waals surface area contributed by atoms with Crippen LogP contribution in [0.3, 0.4) is 0 Å². The molecule has 0 aliphatic heterocycles. The Hall–Kier alpha value is -3.32. The van der Waals surface area contributed by atoms with Crippen LogP contribution in [0.1, 0.15) is 22.6 Å². The molecule has 0 saturated heterocycles. The minimum atomic E-state index is 0.150. The van der Waals surface area contributed by atoms with E-state index in [0.29, 0.717) is 5.75 Å². The summed E-state index contributed by atoms with van der Waals surface area (Å²) in [6, 6.07) is 33.4. The molecule has 0 radical (unpaired) electrons. The second-order valence-corrected chi connectivity index (χ2v) is 6.75. The van der Waals surface area contributed by atoms with E-state index in [1.165, 1.54) is 27.8 Å². The lowest BCUT2D eigenvalue weighted by atomic mass is 9.88. The number of phenolic OH excluding ortho intramolecular Hbond substituents is 1. The van der Waals surface area contributed by atoms with Gasteiger partial charge in [-0.3, -0.25) is 0 Å². The molecule has 1 N–H and O–H groups in total. The Balaban J connectivity index is 1.77. The number of aromatic hydroxyl groups is 1. The van der Waals surface area contributed by atoms with E-state index in [1.807, 2.05) is 18.2 Å². The predicted molar refractivity (Wildman–Crippen MR) is 106 cm³/mol. The van der Waals surface area contributed by atoms with E-state index in [-0.39, 0.29) is 5.92 Å². The van der Waals surface area contributed by atoms with E-state index >= 15 is 0 Å². The summed E-state index contributed by atoms with van der Waals surface area (Å²) in [5.74, 6) is 0.506. The van der Waals surface area contributed by atoms with Crippen molar-refractivity contribution in [2.45, 2.75) is 5.92 Å². The van der Waals surface area contributed by atoms with E-state index in [2.05, 4.69) is 72.8 Å². The van der Waals surface area contributed by atoms with Gasteiger partial charge in [-0.2, -0.15) is 0 Å². The van der Waals surface area contributed by atoms with Crippen molar-refractivity contribution >= 4 is 0 Å². The minimum absolute atomic E-state index is 0.150. The zero-order valence-corrected chi connectivity index (χ0v) is 14.3. The fraction of sp³-hybridized carbons (Fsp3) is 0.0400. The van der Waals surface area contributed by atoms with Crippen LogP contribution in [0, 0.1) is 0 Å². The van der Waals surface area contributed by atoms with Crippen molar-refractivity contribution in [1.82, 2.24) is 0 Å². The molecule has 0 aromatic heterocycles. The minimum Gasteiger partial charge on any atom is -0.507 e. The molecule has 4 aromatic carbocycles. The van der Waals surface area contributed by atoms with Gasteiger partial charge in [0.05, 0.1) is 0 Å². The third-order valence-corrected chi connectivity index (χ3v) is 5.26. The molecule has 0 amide bonds. The van der Waals surface area contributed by atoms with Gasteiger partial charge < -0.3 is 5.11 Å². The Kier molecular flexibility index (Phi) is 3.39. The SMILES string of the molecule is Oc1cccc2c1-c1ccc(-c3ccccc3)cc1C2c1ccccc1. The van der Waals surface area contributed by atoms with Crippen molar-refractivity contribution < 1.29 is 5.11 Å². The topological polar surface area (TPSA) is 20.2 Å². The average molecular weight is 334 g/mol. The van der Waals surface area contributed by atoms with Crippen molar-refractivity contribution in [3.63, 3.8) is 0 Å². The highest BCUT2D eigenvalue weighted by Crippen LogP contribution is 2.51. The molecule has 1 atom stereocenters. The second-order valence-electron chi connectivity index (χ2n) is 6.75. The van der Waals surface area contributed by atoms with E-state index < -0.39 is 0 Å². The quantitative estimate of drug-likeness (QED) is 0.406. The van der Waals surface area contributed by atoms with Crippen LogP contribution in [-0.4, -0.2) is 5.11 Å². The van der Waals surface area contributed by atoms with Gasteiger partial charge in [0.1, 0.15) is 5.75 Å². The summed E-state index contributed by atoms with van der Waals surface area (Å²) in [5.41, 5.74) is 8.20. The molecule has 1 unspecified atom stereocenters. The first-order valence-corrected chi connectivity index (χ1v) is 8.89. The fourth-order valence-corrected chi connectivity index (χ4v) is 4.10. The zero-order chi connectivity index (χ0) is 17.5.